The molecule has 0 saturated carbocycles. The van der Waals surface area contributed by atoms with Crippen molar-refractivity contribution in [2.24, 2.45) is 5.73 Å². The fourth-order valence-electron chi connectivity index (χ4n) is 2.94. The summed E-state index contributed by atoms with van der Waals surface area (Å²) < 4.78 is 2.23. The second kappa shape index (κ2) is 5.77. The maximum atomic E-state index is 6.07. The molecule has 0 saturated heterocycles. The summed E-state index contributed by atoms with van der Waals surface area (Å²) in [5.41, 5.74) is 12.1. The fraction of sp³-hybridized carbons (Fsp3) is 0.421. The molecule has 122 valence electrons. The Morgan fingerprint density at radius 2 is 1.83 bits per heavy atom. The second-order valence-corrected chi connectivity index (χ2v) is 8.21. The van der Waals surface area contributed by atoms with Crippen LogP contribution in [0.4, 0.5) is 0 Å². The highest BCUT2D eigenvalue weighted by Crippen LogP contribution is 2.33. The van der Waals surface area contributed by atoms with Crippen LogP contribution >= 0.6 is 11.3 Å². The molecule has 0 unspecified atom stereocenters. The second-order valence-electron chi connectivity index (χ2n) is 7.38. The van der Waals surface area contributed by atoms with Crippen molar-refractivity contribution in [1.29, 1.82) is 0 Å². The van der Waals surface area contributed by atoms with Gasteiger partial charge in [-0.2, -0.15) is 0 Å². The van der Waals surface area contributed by atoms with Crippen molar-refractivity contribution in [2.75, 3.05) is 0 Å². The molecule has 3 nitrogen and oxygen atoms in total. The molecular weight excluding hydrogens is 302 g/mol. The van der Waals surface area contributed by atoms with Gasteiger partial charge in [-0.25, -0.2) is 4.98 Å². The third-order valence-corrected chi connectivity index (χ3v) is 5.06. The van der Waals surface area contributed by atoms with Crippen molar-refractivity contribution in [3.63, 3.8) is 0 Å². The first-order valence-electron chi connectivity index (χ1n) is 8.12. The Balaban J connectivity index is 2.17. The lowest BCUT2D eigenvalue weighted by molar-refractivity contribution is 0.564. The van der Waals surface area contributed by atoms with Gasteiger partial charge in [0.1, 0.15) is 0 Å². The monoisotopic (exact) mass is 327 g/mol. The maximum Gasteiger partial charge on any atom is 0.194 e. The molecule has 0 spiro atoms. The van der Waals surface area contributed by atoms with E-state index in [2.05, 4.69) is 68.7 Å². The highest BCUT2D eigenvalue weighted by Gasteiger charge is 2.25. The van der Waals surface area contributed by atoms with E-state index in [1.807, 2.05) is 0 Å². The van der Waals surface area contributed by atoms with Gasteiger partial charge in [0.2, 0.25) is 0 Å². The lowest BCUT2D eigenvalue weighted by Crippen LogP contribution is -2.17. The summed E-state index contributed by atoms with van der Waals surface area (Å²) in [6.07, 6.45) is 0. The Morgan fingerprint density at radius 3 is 2.35 bits per heavy atom. The number of nitrogens with zero attached hydrogens (tertiary/aromatic N) is 2. The van der Waals surface area contributed by atoms with E-state index in [0.717, 1.165) is 16.3 Å². The van der Waals surface area contributed by atoms with E-state index in [9.17, 15) is 0 Å². The van der Waals surface area contributed by atoms with Crippen molar-refractivity contribution in [1.82, 2.24) is 9.38 Å². The molecule has 4 heteroatoms. The lowest BCUT2D eigenvalue weighted by Gasteiger charge is -2.17. The number of hydrogen-bond acceptors (Lipinski definition) is 3. The van der Waals surface area contributed by atoms with Crippen LogP contribution in [0.2, 0.25) is 0 Å². The van der Waals surface area contributed by atoms with E-state index in [4.69, 9.17) is 10.7 Å². The summed E-state index contributed by atoms with van der Waals surface area (Å²) in [5.74, 6) is 0.548. The fourth-order valence-corrected chi connectivity index (χ4v) is 3.86. The molecular formula is C19H25N3S. The zero-order chi connectivity index (χ0) is 16.8. The van der Waals surface area contributed by atoms with E-state index in [1.165, 1.54) is 16.8 Å². The van der Waals surface area contributed by atoms with E-state index in [1.54, 1.807) is 11.3 Å². The number of fused-ring (bicyclic) bond motifs is 1. The summed E-state index contributed by atoms with van der Waals surface area (Å²) in [4.78, 5) is 5.87. The van der Waals surface area contributed by atoms with Crippen LogP contribution in [-0.2, 0) is 12.0 Å². The summed E-state index contributed by atoms with van der Waals surface area (Å²) in [6.45, 7) is 11.5. The van der Waals surface area contributed by atoms with Crippen molar-refractivity contribution in [3.05, 3.63) is 46.6 Å². The molecule has 0 aliphatic rings. The summed E-state index contributed by atoms with van der Waals surface area (Å²) in [7, 11) is 0. The number of thiazole rings is 1. The molecule has 0 fully saturated rings. The molecule has 3 aromatic rings. The van der Waals surface area contributed by atoms with Gasteiger partial charge in [-0.15, -0.1) is 11.3 Å². The van der Waals surface area contributed by atoms with Gasteiger partial charge in [-0.05, 0) is 17.0 Å². The molecule has 0 atom stereocenters. The molecule has 0 bridgehead atoms. The van der Waals surface area contributed by atoms with E-state index in [0.29, 0.717) is 12.5 Å². The van der Waals surface area contributed by atoms with Gasteiger partial charge in [0.05, 0.1) is 17.1 Å². The predicted molar refractivity (Wildman–Crippen MR) is 99.2 cm³/mol. The van der Waals surface area contributed by atoms with Crippen molar-refractivity contribution in [3.8, 4) is 11.3 Å². The minimum absolute atomic E-state index is 0.000780. The maximum absolute atomic E-state index is 6.07. The highest BCUT2D eigenvalue weighted by molar-refractivity contribution is 7.15. The largest absolute Gasteiger partial charge is 0.325 e. The number of aromatic nitrogens is 2. The SMILES string of the molecule is CC(C)c1ccc(-c2csc3nc(C(C)(C)C)c(CN)n23)cc1. The molecule has 3 rings (SSSR count). The van der Waals surface area contributed by atoms with Gasteiger partial charge < -0.3 is 5.73 Å². The molecule has 2 heterocycles. The van der Waals surface area contributed by atoms with Crippen molar-refractivity contribution < 1.29 is 0 Å². The quantitative estimate of drug-likeness (QED) is 0.740. The Hall–Kier alpha value is -1.65. The van der Waals surface area contributed by atoms with Gasteiger partial charge in [0, 0.05) is 17.3 Å². The topological polar surface area (TPSA) is 43.3 Å². The Bertz CT molecular complexity index is 817. The minimum Gasteiger partial charge on any atom is -0.325 e. The number of benzene rings is 1. The van der Waals surface area contributed by atoms with Crippen LogP contribution < -0.4 is 5.73 Å². The van der Waals surface area contributed by atoms with Crippen LogP contribution in [0.5, 0.6) is 0 Å². The zero-order valence-electron chi connectivity index (χ0n) is 14.6. The predicted octanol–water partition coefficient (Wildman–Crippen LogP) is 4.94. The van der Waals surface area contributed by atoms with Gasteiger partial charge in [-0.3, -0.25) is 4.40 Å². The van der Waals surface area contributed by atoms with E-state index >= 15 is 0 Å². The molecule has 0 aliphatic carbocycles. The molecule has 23 heavy (non-hydrogen) atoms. The normalized spacial score (nSPS) is 12.5. The first kappa shape index (κ1) is 16.2. The van der Waals surface area contributed by atoms with Gasteiger partial charge >= 0.3 is 0 Å². The zero-order valence-corrected chi connectivity index (χ0v) is 15.4. The Kier molecular flexibility index (Phi) is 4.07. The van der Waals surface area contributed by atoms with Crippen LogP contribution in [0.15, 0.2) is 29.6 Å². The van der Waals surface area contributed by atoms with Crippen LogP contribution in [-0.4, -0.2) is 9.38 Å². The molecule has 0 aliphatic heterocycles. The van der Waals surface area contributed by atoms with E-state index in [-0.39, 0.29) is 5.41 Å². The van der Waals surface area contributed by atoms with Gasteiger partial charge in [0.25, 0.3) is 0 Å². The number of rotatable bonds is 3. The average molecular weight is 327 g/mol. The van der Waals surface area contributed by atoms with Crippen LogP contribution in [0.1, 0.15) is 57.5 Å². The van der Waals surface area contributed by atoms with Gasteiger partial charge in [-0.1, -0.05) is 58.9 Å². The van der Waals surface area contributed by atoms with Crippen LogP contribution in [0, 0.1) is 0 Å². The molecule has 1 aromatic carbocycles. The molecule has 2 aromatic heterocycles. The third-order valence-electron chi connectivity index (χ3n) is 4.24. The average Bonchev–Trinajstić information content (AvgIpc) is 3.05. The molecule has 0 radical (unpaired) electrons. The first-order chi connectivity index (χ1) is 10.8. The lowest BCUT2D eigenvalue weighted by atomic mass is 9.90. The summed E-state index contributed by atoms with van der Waals surface area (Å²) in [6, 6.07) is 8.84. The minimum atomic E-state index is -0.000780. The summed E-state index contributed by atoms with van der Waals surface area (Å²) in [5, 5.41) is 2.18. The molecule has 0 amide bonds. The number of hydrogen-bond donors (Lipinski definition) is 1. The smallest absolute Gasteiger partial charge is 0.194 e. The van der Waals surface area contributed by atoms with Crippen LogP contribution in [0.3, 0.4) is 0 Å². The highest BCUT2D eigenvalue weighted by atomic mass is 32.1. The van der Waals surface area contributed by atoms with E-state index < -0.39 is 0 Å². The third kappa shape index (κ3) is 2.81. The van der Waals surface area contributed by atoms with Crippen molar-refractivity contribution >= 4 is 16.3 Å². The standard InChI is InChI=1S/C19H25N3S/c1-12(2)13-6-8-14(9-7-13)16-11-23-18-21-17(19(3,4)5)15(10-20)22(16)18/h6-9,11-12H,10,20H2,1-5H3. The number of imidazole rings is 1. The van der Waals surface area contributed by atoms with Crippen molar-refractivity contribution in [2.45, 2.75) is 52.5 Å². The van der Waals surface area contributed by atoms with Gasteiger partial charge in [0.15, 0.2) is 4.96 Å². The Morgan fingerprint density at radius 1 is 1.17 bits per heavy atom. The molecule has 2 N–H and O–H groups in total. The Labute approximate surface area is 142 Å². The van der Waals surface area contributed by atoms with Crippen LogP contribution in [0.25, 0.3) is 16.2 Å². The number of nitrogens with two attached hydrogens (primary N) is 1. The first-order valence-corrected chi connectivity index (χ1v) is 9.00. The summed E-state index contributed by atoms with van der Waals surface area (Å²) >= 11 is 1.68.